The first kappa shape index (κ1) is 41.5. The molecule has 6 atom stereocenters. The van der Waals surface area contributed by atoms with E-state index in [0.717, 1.165) is 24.2 Å². The molecule has 5 unspecified atom stereocenters. The standard InChI is InChI=1S/C39H65ClO7Si4/c1-48(2,3)43-27-34-35(45-49(4,5)6)36(46-50(7,8)9)37(47-51(10,11)12)39(41,44-34)32-19-20-33(40)30(24-32)23-28-15-17-29(18-16-28)31-25-38(42-26-31)21-13-14-22-38/h15-20,24,31,34-37,41H,13-14,21-23,25-27H2,1-12H3/t31?,34-,35?,36?,37?,39?/m1/s1. The molecule has 0 bridgehead atoms. The molecule has 2 saturated heterocycles. The molecule has 2 aliphatic heterocycles. The molecule has 7 nitrogen and oxygen atoms in total. The van der Waals surface area contributed by atoms with Crippen LogP contribution in [0.3, 0.4) is 0 Å². The van der Waals surface area contributed by atoms with E-state index in [1.54, 1.807) is 0 Å². The summed E-state index contributed by atoms with van der Waals surface area (Å²) in [4.78, 5) is 0. The number of hydrogen-bond donors (Lipinski definition) is 1. The summed E-state index contributed by atoms with van der Waals surface area (Å²) >= 11 is 6.90. The van der Waals surface area contributed by atoms with Crippen molar-refractivity contribution in [3.63, 3.8) is 0 Å². The molecule has 2 aromatic carbocycles. The molecule has 0 radical (unpaired) electrons. The zero-order valence-corrected chi connectivity index (χ0v) is 38.1. The van der Waals surface area contributed by atoms with Crippen molar-refractivity contribution in [3.8, 4) is 0 Å². The quantitative estimate of drug-likeness (QED) is 0.203. The van der Waals surface area contributed by atoms with Crippen molar-refractivity contribution in [2.24, 2.45) is 0 Å². The third-order valence-corrected chi connectivity index (χ3v) is 14.2. The Morgan fingerprint density at radius 1 is 0.765 bits per heavy atom. The Hall–Kier alpha value is -0.682. The normalized spacial score (nSPS) is 28.9. The van der Waals surface area contributed by atoms with Crippen molar-refractivity contribution in [1.82, 2.24) is 0 Å². The van der Waals surface area contributed by atoms with E-state index in [2.05, 4.69) is 103 Å². The summed E-state index contributed by atoms with van der Waals surface area (Å²) in [7, 11) is -8.51. The SMILES string of the molecule is C[Si](C)(C)OC[C@H]1OC(O)(c2ccc(Cl)c(Cc3ccc(C4COC5(CCCC5)C4)cc3)c2)C(O[Si](C)(C)C)C(O[Si](C)(C)C)C1O[Si](C)(C)C. The molecular weight excluding hydrogens is 728 g/mol. The predicted octanol–water partition coefficient (Wildman–Crippen LogP) is 9.80. The molecule has 0 aromatic heterocycles. The smallest absolute Gasteiger partial charge is 0.221 e. The van der Waals surface area contributed by atoms with E-state index in [1.807, 2.05) is 18.2 Å². The molecule has 51 heavy (non-hydrogen) atoms. The van der Waals surface area contributed by atoms with Gasteiger partial charge in [-0.1, -0.05) is 54.8 Å². The van der Waals surface area contributed by atoms with Crippen LogP contribution in [0.4, 0.5) is 0 Å². The van der Waals surface area contributed by atoms with Crippen LogP contribution in [0.1, 0.15) is 60.3 Å². The van der Waals surface area contributed by atoms with Gasteiger partial charge in [0.1, 0.15) is 24.4 Å². The lowest BCUT2D eigenvalue weighted by Crippen LogP contribution is -2.69. The van der Waals surface area contributed by atoms with Crippen LogP contribution in [-0.2, 0) is 39.4 Å². The van der Waals surface area contributed by atoms with Gasteiger partial charge in [-0.3, -0.25) is 0 Å². The summed E-state index contributed by atoms with van der Waals surface area (Å²) in [5.41, 5.74) is 4.12. The molecule has 3 aliphatic rings. The molecule has 1 N–H and O–H groups in total. The fourth-order valence-electron chi connectivity index (χ4n) is 7.77. The van der Waals surface area contributed by atoms with Crippen LogP contribution in [0, 0.1) is 0 Å². The van der Waals surface area contributed by atoms with Crippen molar-refractivity contribution in [1.29, 1.82) is 0 Å². The van der Waals surface area contributed by atoms with Crippen molar-refractivity contribution < 1.29 is 32.3 Å². The molecule has 12 heteroatoms. The van der Waals surface area contributed by atoms with Crippen molar-refractivity contribution in [3.05, 3.63) is 69.7 Å². The van der Waals surface area contributed by atoms with E-state index in [-0.39, 0.29) is 5.60 Å². The predicted molar refractivity (Wildman–Crippen MR) is 218 cm³/mol. The number of aliphatic hydroxyl groups is 1. The fourth-order valence-corrected chi connectivity index (χ4v) is 11.8. The van der Waals surface area contributed by atoms with Gasteiger partial charge >= 0.3 is 0 Å². The molecule has 286 valence electrons. The van der Waals surface area contributed by atoms with E-state index in [4.69, 9.17) is 38.8 Å². The minimum atomic E-state index is -2.26. The highest BCUT2D eigenvalue weighted by Gasteiger charge is 2.59. The highest BCUT2D eigenvalue weighted by Crippen LogP contribution is 2.47. The third kappa shape index (κ3) is 11.0. The Labute approximate surface area is 317 Å². The molecule has 1 saturated carbocycles. The van der Waals surface area contributed by atoms with Gasteiger partial charge in [-0.2, -0.15) is 0 Å². The summed E-state index contributed by atoms with van der Waals surface area (Å²) < 4.78 is 40.6. The molecular formula is C39H65ClO7Si4. The van der Waals surface area contributed by atoms with Gasteiger partial charge in [0, 0.05) is 16.5 Å². The first-order valence-corrected chi connectivity index (χ1v) is 33.0. The Kier molecular flexibility index (Phi) is 12.6. The second-order valence-corrected chi connectivity index (χ2v) is 37.4. The van der Waals surface area contributed by atoms with Crippen LogP contribution in [0.25, 0.3) is 0 Å². The topological polar surface area (TPSA) is 75.6 Å². The monoisotopic (exact) mass is 792 g/mol. The molecule has 2 aromatic rings. The molecule has 2 heterocycles. The maximum atomic E-state index is 13.0. The zero-order chi connectivity index (χ0) is 37.6. The average molecular weight is 794 g/mol. The first-order chi connectivity index (χ1) is 23.4. The van der Waals surface area contributed by atoms with E-state index >= 15 is 0 Å². The number of hydrogen-bond acceptors (Lipinski definition) is 7. The lowest BCUT2D eigenvalue weighted by Gasteiger charge is -2.54. The van der Waals surface area contributed by atoms with Gasteiger partial charge in [0.2, 0.25) is 5.79 Å². The lowest BCUT2D eigenvalue weighted by molar-refractivity contribution is -0.348. The fraction of sp³-hybridized carbons (Fsp3) is 0.692. The second kappa shape index (κ2) is 15.5. The summed E-state index contributed by atoms with van der Waals surface area (Å²) in [6, 6.07) is 14.7. The maximum Gasteiger partial charge on any atom is 0.221 e. The van der Waals surface area contributed by atoms with Gasteiger partial charge in [-0.15, -0.1) is 0 Å². The van der Waals surface area contributed by atoms with Crippen LogP contribution in [-0.4, -0.2) is 81.6 Å². The second-order valence-electron chi connectivity index (χ2n) is 19.1. The van der Waals surface area contributed by atoms with E-state index in [9.17, 15) is 5.11 Å². The number of halogens is 1. The highest BCUT2D eigenvalue weighted by atomic mass is 35.5. The average Bonchev–Trinajstić information content (AvgIpc) is 3.64. The highest BCUT2D eigenvalue weighted by molar-refractivity contribution is 6.71. The molecule has 1 spiro atoms. The Morgan fingerprint density at radius 2 is 1.35 bits per heavy atom. The van der Waals surface area contributed by atoms with Gasteiger partial charge in [0.05, 0.1) is 18.8 Å². The summed E-state index contributed by atoms with van der Waals surface area (Å²) in [6.07, 6.45) is 4.24. The van der Waals surface area contributed by atoms with Gasteiger partial charge in [0.15, 0.2) is 33.3 Å². The van der Waals surface area contributed by atoms with Gasteiger partial charge in [-0.25, -0.2) is 0 Å². The zero-order valence-electron chi connectivity index (χ0n) is 33.4. The largest absolute Gasteiger partial charge is 0.415 e. The van der Waals surface area contributed by atoms with Crippen LogP contribution in [0.15, 0.2) is 42.5 Å². The van der Waals surface area contributed by atoms with Crippen LogP contribution in [0.2, 0.25) is 83.6 Å². The van der Waals surface area contributed by atoms with E-state index in [0.29, 0.717) is 29.5 Å². The van der Waals surface area contributed by atoms with Crippen molar-refractivity contribution >= 4 is 44.9 Å². The van der Waals surface area contributed by atoms with E-state index in [1.165, 1.54) is 31.2 Å². The van der Waals surface area contributed by atoms with Gasteiger partial charge in [0.25, 0.3) is 0 Å². The van der Waals surface area contributed by atoms with Crippen molar-refractivity contribution in [2.45, 2.75) is 159 Å². The van der Waals surface area contributed by atoms with Crippen molar-refractivity contribution in [2.75, 3.05) is 13.2 Å². The summed E-state index contributed by atoms with van der Waals surface area (Å²) in [5, 5.41) is 13.7. The van der Waals surface area contributed by atoms with Crippen LogP contribution >= 0.6 is 11.6 Å². The Morgan fingerprint density at radius 3 is 1.92 bits per heavy atom. The minimum absolute atomic E-state index is 0.107. The van der Waals surface area contributed by atoms with Gasteiger partial charge < -0.3 is 32.3 Å². The number of ether oxygens (including phenoxy) is 2. The lowest BCUT2D eigenvalue weighted by atomic mass is 9.86. The minimum Gasteiger partial charge on any atom is -0.415 e. The third-order valence-electron chi connectivity index (χ3n) is 9.87. The number of benzene rings is 2. The van der Waals surface area contributed by atoms with Crippen LogP contribution in [0.5, 0.6) is 0 Å². The van der Waals surface area contributed by atoms with Gasteiger partial charge in [-0.05, 0) is 133 Å². The summed E-state index contributed by atoms with van der Waals surface area (Å²) in [5.74, 6) is -1.39. The van der Waals surface area contributed by atoms with E-state index < -0.39 is 63.5 Å². The Balaban J connectivity index is 1.50. The first-order valence-electron chi connectivity index (χ1n) is 19.0. The molecule has 0 amide bonds. The Bertz CT molecular complexity index is 1470. The number of rotatable bonds is 13. The molecule has 3 fully saturated rings. The molecule has 1 aliphatic carbocycles. The molecule has 5 rings (SSSR count). The maximum absolute atomic E-state index is 13.0. The summed E-state index contributed by atoms with van der Waals surface area (Å²) in [6.45, 7) is 27.0. The van der Waals surface area contributed by atoms with Crippen LogP contribution < -0.4 is 0 Å².